The molecule has 0 fully saturated rings. The summed E-state index contributed by atoms with van der Waals surface area (Å²) in [5, 5.41) is 7.11. The molecule has 0 radical (unpaired) electrons. The van der Waals surface area contributed by atoms with Gasteiger partial charge in [0, 0.05) is 16.3 Å². The van der Waals surface area contributed by atoms with Crippen molar-refractivity contribution in [2.75, 3.05) is 5.32 Å². The zero-order chi connectivity index (χ0) is 21.8. The molecule has 4 rings (SSSR count). The predicted molar refractivity (Wildman–Crippen MR) is 126 cm³/mol. The van der Waals surface area contributed by atoms with E-state index in [0.29, 0.717) is 16.3 Å². The van der Waals surface area contributed by atoms with Crippen LogP contribution in [0.5, 0.6) is 0 Å². The molecule has 1 aromatic heterocycles. The molecule has 0 saturated carbocycles. The minimum Gasteiger partial charge on any atom is -0.321 e. The Kier molecular flexibility index (Phi) is 6.11. The molecule has 154 valence electrons. The van der Waals surface area contributed by atoms with Crippen LogP contribution in [-0.4, -0.2) is 16.8 Å². The van der Waals surface area contributed by atoms with Crippen molar-refractivity contribution in [1.82, 2.24) is 10.3 Å². The summed E-state index contributed by atoms with van der Waals surface area (Å²) in [7, 11) is 0. The SMILES string of the molecule is Cc1nc2cc(NC(=O)/C(=C\c3ccc(Cl)cc3)NC(=O)c3ccccc3)ccc2s1. The Morgan fingerprint density at radius 1 is 1.00 bits per heavy atom. The minimum absolute atomic E-state index is 0.116. The fourth-order valence-corrected chi connectivity index (χ4v) is 3.92. The summed E-state index contributed by atoms with van der Waals surface area (Å²) in [5.41, 5.74) is 2.71. The predicted octanol–water partition coefficient (Wildman–Crippen LogP) is 5.67. The van der Waals surface area contributed by atoms with Crippen LogP contribution in [0.3, 0.4) is 0 Å². The summed E-state index contributed by atoms with van der Waals surface area (Å²) in [4.78, 5) is 30.2. The average Bonchev–Trinajstić information content (AvgIpc) is 3.14. The minimum atomic E-state index is -0.439. The van der Waals surface area contributed by atoms with Crippen molar-refractivity contribution in [3.8, 4) is 0 Å². The maximum Gasteiger partial charge on any atom is 0.272 e. The Hall–Kier alpha value is -3.48. The molecular formula is C24H18ClN3O2S. The zero-order valence-electron chi connectivity index (χ0n) is 16.6. The molecule has 0 unspecified atom stereocenters. The van der Waals surface area contributed by atoms with Gasteiger partial charge in [0.05, 0.1) is 15.2 Å². The third-order valence-electron chi connectivity index (χ3n) is 4.46. The third kappa shape index (κ3) is 5.17. The number of nitrogens with one attached hydrogen (secondary N) is 2. The van der Waals surface area contributed by atoms with Gasteiger partial charge in [-0.05, 0) is 61.0 Å². The van der Waals surface area contributed by atoms with Gasteiger partial charge in [-0.15, -0.1) is 11.3 Å². The highest BCUT2D eigenvalue weighted by molar-refractivity contribution is 7.18. The van der Waals surface area contributed by atoms with Gasteiger partial charge in [-0.25, -0.2) is 4.98 Å². The molecule has 0 saturated heterocycles. The topological polar surface area (TPSA) is 71.1 Å². The molecule has 0 aliphatic heterocycles. The summed E-state index contributed by atoms with van der Waals surface area (Å²) < 4.78 is 1.05. The molecule has 0 aliphatic rings. The van der Waals surface area contributed by atoms with Crippen LogP contribution in [0.4, 0.5) is 5.69 Å². The average molecular weight is 448 g/mol. The molecule has 0 aliphatic carbocycles. The lowest BCUT2D eigenvalue weighted by molar-refractivity contribution is -0.113. The number of carbonyl (C=O) groups excluding carboxylic acids is 2. The lowest BCUT2D eigenvalue weighted by Crippen LogP contribution is -2.30. The second-order valence-electron chi connectivity index (χ2n) is 6.80. The first-order chi connectivity index (χ1) is 15.0. The van der Waals surface area contributed by atoms with Gasteiger partial charge in [0.2, 0.25) is 0 Å². The van der Waals surface area contributed by atoms with Crippen LogP contribution in [0.2, 0.25) is 5.02 Å². The first-order valence-corrected chi connectivity index (χ1v) is 10.7. The van der Waals surface area contributed by atoms with E-state index in [-0.39, 0.29) is 11.6 Å². The fraction of sp³-hybridized carbons (Fsp3) is 0.0417. The van der Waals surface area contributed by atoms with Gasteiger partial charge in [-0.2, -0.15) is 0 Å². The molecule has 0 bridgehead atoms. The van der Waals surface area contributed by atoms with Gasteiger partial charge < -0.3 is 10.6 Å². The van der Waals surface area contributed by atoms with Crippen LogP contribution < -0.4 is 10.6 Å². The monoisotopic (exact) mass is 447 g/mol. The molecular weight excluding hydrogens is 430 g/mol. The van der Waals surface area contributed by atoms with Crippen molar-refractivity contribution >= 4 is 56.7 Å². The molecule has 2 N–H and O–H groups in total. The van der Waals surface area contributed by atoms with E-state index in [1.165, 1.54) is 0 Å². The largest absolute Gasteiger partial charge is 0.321 e. The van der Waals surface area contributed by atoms with E-state index in [1.807, 2.05) is 31.2 Å². The van der Waals surface area contributed by atoms with Gasteiger partial charge >= 0.3 is 0 Å². The van der Waals surface area contributed by atoms with Crippen LogP contribution in [0.1, 0.15) is 20.9 Å². The summed E-state index contributed by atoms with van der Waals surface area (Å²) in [6.07, 6.45) is 1.61. The molecule has 1 heterocycles. The number of rotatable bonds is 5. The molecule has 5 nitrogen and oxygen atoms in total. The highest BCUT2D eigenvalue weighted by Gasteiger charge is 2.15. The number of amides is 2. The van der Waals surface area contributed by atoms with E-state index in [2.05, 4.69) is 15.6 Å². The number of benzene rings is 3. The Morgan fingerprint density at radius 2 is 1.74 bits per heavy atom. The number of fused-ring (bicyclic) bond motifs is 1. The normalized spacial score (nSPS) is 11.4. The molecule has 0 spiro atoms. The van der Waals surface area contributed by atoms with Gasteiger partial charge in [-0.1, -0.05) is 41.9 Å². The highest BCUT2D eigenvalue weighted by Crippen LogP contribution is 2.24. The fourth-order valence-electron chi connectivity index (χ4n) is 2.99. The quantitative estimate of drug-likeness (QED) is 0.387. The van der Waals surface area contributed by atoms with E-state index in [0.717, 1.165) is 20.8 Å². The Labute approximate surface area is 188 Å². The van der Waals surface area contributed by atoms with Gasteiger partial charge in [0.25, 0.3) is 11.8 Å². The van der Waals surface area contributed by atoms with Crippen LogP contribution in [-0.2, 0) is 4.79 Å². The maximum absolute atomic E-state index is 13.1. The molecule has 31 heavy (non-hydrogen) atoms. The number of carbonyl (C=O) groups is 2. The summed E-state index contributed by atoms with van der Waals surface area (Å²) in [6, 6.07) is 21.3. The van der Waals surface area contributed by atoms with Gasteiger partial charge in [-0.3, -0.25) is 9.59 Å². The van der Waals surface area contributed by atoms with Crippen molar-refractivity contribution in [2.24, 2.45) is 0 Å². The number of aryl methyl sites for hydroxylation is 1. The summed E-state index contributed by atoms with van der Waals surface area (Å²) >= 11 is 7.55. The number of nitrogens with zero attached hydrogens (tertiary/aromatic N) is 1. The molecule has 0 atom stereocenters. The van der Waals surface area contributed by atoms with Crippen molar-refractivity contribution in [3.63, 3.8) is 0 Å². The number of hydrogen-bond donors (Lipinski definition) is 2. The number of anilines is 1. The third-order valence-corrected chi connectivity index (χ3v) is 5.67. The van der Waals surface area contributed by atoms with E-state index in [9.17, 15) is 9.59 Å². The Bertz CT molecular complexity index is 1280. The van der Waals surface area contributed by atoms with E-state index >= 15 is 0 Å². The van der Waals surface area contributed by atoms with Crippen molar-refractivity contribution in [2.45, 2.75) is 6.92 Å². The number of hydrogen-bond acceptors (Lipinski definition) is 4. The smallest absolute Gasteiger partial charge is 0.272 e. The summed E-state index contributed by atoms with van der Waals surface area (Å²) in [5.74, 6) is -0.813. The van der Waals surface area contributed by atoms with Crippen LogP contribution in [0.15, 0.2) is 78.5 Å². The van der Waals surface area contributed by atoms with Crippen molar-refractivity contribution < 1.29 is 9.59 Å². The van der Waals surface area contributed by atoms with Crippen molar-refractivity contribution in [1.29, 1.82) is 0 Å². The Balaban J connectivity index is 1.62. The number of halogens is 1. The second-order valence-corrected chi connectivity index (χ2v) is 8.47. The number of aromatic nitrogens is 1. The maximum atomic E-state index is 13.1. The van der Waals surface area contributed by atoms with E-state index in [4.69, 9.17) is 11.6 Å². The molecule has 7 heteroatoms. The lowest BCUT2D eigenvalue weighted by Gasteiger charge is -2.11. The first kappa shape index (κ1) is 20.8. The zero-order valence-corrected chi connectivity index (χ0v) is 18.1. The summed E-state index contributed by atoms with van der Waals surface area (Å²) in [6.45, 7) is 1.94. The molecule has 4 aromatic rings. The van der Waals surface area contributed by atoms with Crippen LogP contribution >= 0.6 is 22.9 Å². The number of thiazole rings is 1. The molecule has 3 aromatic carbocycles. The second kappa shape index (κ2) is 9.12. The highest BCUT2D eigenvalue weighted by atomic mass is 35.5. The van der Waals surface area contributed by atoms with Gasteiger partial charge in [0.1, 0.15) is 5.70 Å². The molecule has 2 amide bonds. The van der Waals surface area contributed by atoms with E-state index < -0.39 is 5.91 Å². The standard InChI is InChI=1S/C24H18ClN3O2S/c1-15-26-20-14-19(11-12-22(20)31-15)27-24(30)21(13-16-7-9-18(25)10-8-16)28-23(29)17-5-3-2-4-6-17/h2-14H,1H3,(H,27,30)(H,28,29)/b21-13+. The van der Waals surface area contributed by atoms with Crippen LogP contribution in [0, 0.1) is 6.92 Å². The van der Waals surface area contributed by atoms with Crippen molar-refractivity contribution in [3.05, 3.63) is 99.7 Å². The van der Waals surface area contributed by atoms with E-state index in [1.54, 1.807) is 65.9 Å². The first-order valence-electron chi connectivity index (χ1n) is 9.50. The Morgan fingerprint density at radius 3 is 2.48 bits per heavy atom. The lowest BCUT2D eigenvalue weighted by atomic mass is 10.1. The van der Waals surface area contributed by atoms with Crippen LogP contribution in [0.25, 0.3) is 16.3 Å². The van der Waals surface area contributed by atoms with Gasteiger partial charge in [0.15, 0.2) is 0 Å².